The van der Waals surface area contributed by atoms with Gasteiger partial charge in [0.05, 0.1) is 27.4 Å². The number of hydrogen-bond donors (Lipinski definition) is 1. The quantitative estimate of drug-likeness (QED) is 0.895. The summed E-state index contributed by atoms with van der Waals surface area (Å²) in [6.45, 7) is 3.78. The number of rotatable bonds is 4. The first-order valence-corrected chi connectivity index (χ1v) is 6.80. The molecule has 1 N–H and O–H groups in total. The summed E-state index contributed by atoms with van der Waals surface area (Å²) in [5, 5.41) is 3.46. The molecule has 1 aromatic rings. The molecule has 0 aliphatic carbocycles. The number of hydrogen-bond acceptors (Lipinski definition) is 4. The van der Waals surface area contributed by atoms with Crippen LogP contribution in [-0.2, 0) is 10.2 Å². The molecule has 4 heteroatoms. The van der Waals surface area contributed by atoms with Crippen molar-refractivity contribution in [2.75, 3.05) is 40.5 Å². The summed E-state index contributed by atoms with van der Waals surface area (Å²) in [7, 11) is 3.39. The van der Waals surface area contributed by atoms with Crippen LogP contribution in [0.2, 0.25) is 0 Å². The molecule has 0 bridgehead atoms. The van der Waals surface area contributed by atoms with E-state index in [1.807, 2.05) is 6.07 Å². The van der Waals surface area contributed by atoms with Gasteiger partial charge >= 0.3 is 0 Å². The van der Waals surface area contributed by atoms with Crippen LogP contribution in [0.1, 0.15) is 12.0 Å². The molecule has 4 nitrogen and oxygen atoms in total. The highest BCUT2D eigenvalue weighted by atomic mass is 16.5. The van der Waals surface area contributed by atoms with Crippen LogP contribution in [0.15, 0.2) is 18.2 Å². The minimum atomic E-state index is 0.130. The van der Waals surface area contributed by atoms with Crippen molar-refractivity contribution < 1.29 is 14.2 Å². The van der Waals surface area contributed by atoms with Gasteiger partial charge in [-0.1, -0.05) is 0 Å². The summed E-state index contributed by atoms with van der Waals surface area (Å²) in [6, 6.07) is 6.18. The molecule has 2 fully saturated rings. The molecule has 0 spiro atoms. The van der Waals surface area contributed by atoms with Gasteiger partial charge in [-0.25, -0.2) is 0 Å². The maximum Gasteiger partial charge on any atom is 0.122 e. The lowest BCUT2D eigenvalue weighted by atomic mass is 9.68. The third kappa shape index (κ3) is 2.09. The van der Waals surface area contributed by atoms with Crippen molar-refractivity contribution in [1.29, 1.82) is 0 Å². The normalized spacial score (nSPS) is 24.8. The summed E-state index contributed by atoms with van der Waals surface area (Å²) in [5.41, 5.74) is 1.41. The van der Waals surface area contributed by atoms with Crippen molar-refractivity contribution in [2.45, 2.75) is 11.8 Å². The number of ether oxygens (including phenoxy) is 3. The van der Waals surface area contributed by atoms with Crippen LogP contribution in [0.25, 0.3) is 0 Å². The molecule has 1 aromatic carbocycles. The van der Waals surface area contributed by atoms with Gasteiger partial charge in [-0.15, -0.1) is 0 Å². The average molecular weight is 263 g/mol. The van der Waals surface area contributed by atoms with Crippen LogP contribution < -0.4 is 14.8 Å². The molecule has 2 aliphatic rings. The monoisotopic (exact) mass is 263 g/mol. The van der Waals surface area contributed by atoms with Crippen molar-refractivity contribution in [1.82, 2.24) is 5.32 Å². The van der Waals surface area contributed by atoms with Crippen LogP contribution in [0.4, 0.5) is 0 Å². The summed E-state index contributed by atoms with van der Waals surface area (Å²) < 4.78 is 16.3. The van der Waals surface area contributed by atoms with Gasteiger partial charge in [0, 0.05) is 11.5 Å². The van der Waals surface area contributed by atoms with Crippen LogP contribution in [0.3, 0.4) is 0 Å². The molecular formula is C15H21NO3. The first-order chi connectivity index (χ1) is 9.28. The van der Waals surface area contributed by atoms with E-state index in [2.05, 4.69) is 17.4 Å². The SMILES string of the molecule is COc1cc(OC)cc(C2(C3CCNC3)COC2)c1. The summed E-state index contributed by atoms with van der Waals surface area (Å²) >= 11 is 0. The van der Waals surface area contributed by atoms with Crippen molar-refractivity contribution >= 4 is 0 Å². The molecule has 1 unspecified atom stereocenters. The first kappa shape index (κ1) is 12.8. The molecule has 19 heavy (non-hydrogen) atoms. The molecule has 0 amide bonds. The second-order valence-electron chi connectivity index (χ2n) is 5.44. The van der Waals surface area contributed by atoms with Gasteiger partial charge in [0.15, 0.2) is 0 Å². The minimum absolute atomic E-state index is 0.130. The maximum absolute atomic E-state index is 5.54. The summed E-state index contributed by atoms with van der Waals surface area (Å²) in [5.74, 6) is 2.34. The van der Waals surface area contributed by atoms with Crippen molar-refractivity contribution in [2.24, 2.45) is 5.92 Å². The Labute approximate surface area is 114 Å². The van der Waals surface area contributed by atoms with E-state index in [9.17, 15) is 0 Å². The summed E-state index contributed by atoms with van der Waals surface area (Å²) in [6.07, 6.45) is 1.21. The lowest BCUT2D eigenvalue weighted by Gasteiger charge is -2.46. The Hall–Kier alpha value is -1.26. The number of benzene rings is 1. The smallest absolute Gasteiger partial charge is 0.122 e. The highest BCUT2D eigenvalue weighted by Gasteiger charge is 2.48. The van der Waals surface area contributed by atoms with E-state index in [0.717, 1.165) is 37.8 Å². The Kier molecular flexibility index (Phi) is 3.37. The van der Waals surface area contributed by atoms with Crippen LogP contribution in [0.5, 0.6) is 11.5 Å². The van der Waals surface area contributed by atoms with Gasteiger partial charge in [0.25, 0.3) is 0 Å². The zero-order valence-electron chi connectivity index (χ0n) is 11.6. The maximum atomic E-state index is 5.54. The molecule has 2 heterocycles. The molecule has 104 valence electrons. The van der Waals surface area contributed by atoms with Crippen molar-refractivity contribution in [3.63, 3.8) is 0 Å². The molecule has 0 aromatic heterocycles. The highest BCUT2D eigenvalue weighted by Crippen LogP contribution is 2.44. The van der Waals surface area contributed by atoms with Gasteiger partial charge in [0.1, 0.15) is 11.5 Å². The van der Waals surface area contributed by atoms with E-state index in [-0.39, 0.29) is 5.41 Å². The molecule has 3 rings (SSSR count). The predicted octanol–water partition coefficient (Wildman–Crippen LogP) is 1.58. The third-order valence-corrected chi connectivity index (χ3v) is 4.49. The molecule has 2 aliphatic heterocycles. The van der Waals surface area contributed by atoms with Gasteiger partial charge in [-0.3, -0.25) is 0 Å². The average Bonchev–Trinajstić information content (AvgIpc) is 2.91. The van der Waals surface area contributed by atoms with E-state index >= 15 is 0 Å². The largest absolute Gasteiger partial charge is 0.497 e. The second kappa shape index (κ2) is 5.02. The van der Waals surface area contributed by atoms with E-state index in [4.69, 9.17) is 14.2 Å². The van der Waals surface area contributed by atoms with E-state index < -0.39 is 0 Å². The van der Waals surface area contributed by atoms with Gasteiger partial charge in [-0.2, -0.15) is 0 Å². The van der Waals surface area contributed by atoms with Gasteiger partial charge in [0.2, 0.25) is 0 Å². The standard InChI is InChI=1S/C15H21NO3/c1-17-13-5-12(6-14(7-13)18-2)15(9-19-10-15)11-3-4-16-8-11/h5-7,11,16H,3-4,8-10H2,1-2H3. The van der Waals surface area contributed by atoms with Crippen molar-refractivity contribution in [3.8, 4) is 11.5 Å². The fourth-order valence-corrected chi connectivity index (χ4v) is 3.18. The zero-order chi connectivity index (χ0) is 13.3. The topological polar surface area (TPSA) is 39.7 Å². The van der Waals surface area contributed by atoms with Gasteiger partial charge < -0.3 is 19.5 Å². The second-order valence-corrected chi connectivity index (χ2v) is 5.44. The van der Waals surface area contributed by atoms with Crippen LogP contribution >= 0.6 is 0 Å². The Morgan fingerprint density at radius 1 is 1.16 bits per heavy atom. The Balaban J connectivity index is 1.98. The Morgan fingerprint density at radius 2 is 1.84 bits per heavy atom. The molecule has 0 saturated carbocycles. The lowest BCUT2D eigenvalue weighted by Crippen LogP contribution is -2.53. The van der Waals surface area contributed by atoms with Gasteiger partial charge in [-0.05, 0) is 43.1 Å². The number of methoxy groups -OCH3 is 2. The van der Waals surface area contributed by atoms with E-state index in [0.29, 0.717) is 5.92 Å². The first-order valence-electron chi connectivity index (χ1n) is 6.80. The van der Waals surface area contributed by atoms with E-state index in [1.54, 1.807) is 14.2 Å². The Morgan fingerprint density at radius 3 is 2.26 bits per heavy atom. The molecule has 2 saturated heterocycles. The fraction of sp³-hybridized carbons (Fsp3) is 0.600. The third-order valence-electron chi connectivity index (χ3n) is 4.49. The van der Waals surface area contributed by atoms with Crippen LogP contribution in [-0.4, -0.2) is 40.5 Å². The molecule has 0 radical (unpaired) electrons. The van der Waals surface area contributed by atoms with E-state index in [1.165, 1.54) is 12.0 Å². The highest BCUT2D eigenvalue weighted by molar-refractivity contribution is 5.43. The van der Waals surface area contributed by atoms with Crippen molar-refractivity contribution in [3.05, 3.63) is 23.8 Å². The molecular weight excluding hydrogens is 242 g/mol. The predicted molar refractivity (Wildman–Crippen MR) is 73.0 cm³/mol. The fourth-order valence-electron chi connectivity index (χ4n) is 3.18. The Bertz CT molecular complexity index is 428. The minimum Gasteiger partial charge on any atom is -0.497 e. The summed E-state index contributed by atoms with van der Waals surface area (Å²) in [4.78, 5) is 0. The van der Waals surface area contributed by atoms with Crippen LogP contribution in [0, 0.1) is 5.92 Å². The number of nitrogens with one attached hydrogen (secondary N) is 1. The molecule has 1 atom stereocenters. The zero-order valence-corrected chi connectivity index (χ0v) is 11.6. The lowest BCUT2D eigenvalue weighted by molar-refractivity contribution is -0.0870.